The van der Waals surface area contributed by atoms with Crippen LogP contribution in [0.1, 0.15) is 30.9 Å². The van der Waals surface area contributed by atoms with E-state index in [1.165, 1.54) is 5.56 Å². The minimum Gasteiger partial charge on any atom is -0.309 e. The van der Waals surface area contributed by atoms with E-state index in [0.717, 1.165) is 24.3 Å². The number of thiophene rings is 1. The molecule has 0 saturated carbocycles. The van der Waals surface area contributed by atoms with E-state index in [0.29, 0.717) is 0 Å². The molecule has 4 heteroatoms. The standard InChI is InChI=1S/C17H20N2OS/c1-18-14-9-5-10-15(13-7-3-2-4-8-13)19(17(14)20)16-11-6-12-21-16/h2-4,6-8,11-12,14-15,18H,5,9-10H2,1H3. The molecular formula is C17H20N2OS. The molecule has 1 aliphatic heterocycles. The Morgan fingerprint density at radius 2 is 1.95 bits per heavy atom. The molecule has 1 N–H and O–H groups in total. The summed E-state index contributed by atoms with van der Waals surface area (Å²) in [6.07, 6.45) is 2.96. The number of nitrogens with zero attached hydrogens (tertiary/aromatic N) is 1. The normalized spacial score (nSPS) is 23.1. The predicted molar refractivity (Wildman–Crippen MR) is 87.7 cm³/mol. The first kappa shape index (κ1) is 14.3. The van der Waals surface area contributed by atoms with Crippen molar-refractivity contribution in [2.24, 2.45) is 0 Å². The second-order valence-electron chi connectivity index (χ2n) is 5.36. The second kappa shape index (κ2) is 6.41. The lowest BCUT2D eigenvalue weighted by molar-refractivity contribution is -0.120. The Bertz CT molecular complexity index is 582. The minimum atomic E-state index is -0.0826. The Hall–Kier alpha value is -1.65. The first-order valence-electron chi connectivity index (χ1n) is 7.40. The zero-order valence-electron chi connectivity index (χ0n) is 12.2. The van der Waals surface area contributed by atoms with E-state index in [1.807, 2.05) is 47.7 Å². The van der Waals surface area contributed by atoms with Crippen molar-refractivity contribution in [3.8, 4) is 0 Å². The third-order valence-corrected chi connectivity index (χ3v) is 4.96. The van der Waals surface area contributed by atoms with E-state index in [4.69, 9.17) is 0 Å². The number of hydrogen-bond acceptors (Lipinski definition) is 3. The van der Waals surface area contributed by atoms with Gasteiger partial charge in [-0.25, -0.2) is 0 Å². The first-order valence-corrected chi connectivity index (χ1v) is 8.28. The van der Waals surface area contributed by atoms with Gasteiger partial charge in [-0.1, -0.05) is 30.3 Å². The molecule has 3 rings (SSSR count). The summed E-state index contributed by atoms with van der Waals surface area (Å²) in [5, 5.41) is 6.24. The molecule has 0 aliphatic carbocycles. The van der Waals surface area contributed by atoms with Crippen molar-refractivity contribution in [3.05, 3.63) is 53.4 Å². The predicted octanol–water partition coefficient (Wildman–Crippen LogP) is 3.59. The minimum absolute atomic E-state index is 0.0826. The number of carbonyl (C=O) groups excluding carboxylic acids is 1. The lowest BCUT2D eigenvalue weighted by atomic mass is 10.0. The number of anilines is 1. The van der Waals surface area contributed by atoms with Crippen molar-refractivity contribution >= 4 is 22.2 Å². The molecule has 110 valence electrons. The summed E-state index contributed by atoms with van der Waals surface area (Å²) in [7, 11) is 1.87. The van der Waals surface area contributed by atoms with Gasteiger partial charge in [0.15, 0.2) is 0 Å². The fourth-order valence-corrected chi connectivity index (χ4v) is 3.80. The maximum absolute atomic E-state index is 12.9. The maximum atomic E-state index is 12.9. The number of hydrogen-bond donors (Lipinski definition) is 1. The summed E-state index contributed by atoms with van der Waals surface area (Å²) in [6.45, 7) is 0. The van der Waals surface area contributed by atoms with Crippen LogP contribution in [-0.4, -0.2) is 19.0 Å². The van der Waals surface area contributed by atoms with Gasteiger partial charge in [-0.15, -0.1) is 11.3 Å². The SMILES string of the molecule is CNC1CCCC(c2ccccc2)N(c2cccs2)C1=O. The van der Waals surface area contributed by atoms with E-state index >= 15 is 0 Å². The highest BCUT2D eigenvalue weighted by atomic mass is 32.1. The van der Waals surface area contributed by atoms with Crippen molar-refractivity contribution in [2.45, 2.75) is 31.3 Å². The lowest BCUT2D eigenvalue weighted by Crippen LogP contribution is -2.44. The Kier molecular flexibility index (Phi) is 4.36. The molecule has 3 nitrogen and oxygen atoms in total. The largest absolute Gasteiger partial charge is 0.309 e. The third-order valence-electron chi connectivity index (χ3n) is 4.09. The van der Waals surface area contributed by atoms with E-state index in [2.05, 4.69) is 17.4 Å². The highest BCUT2D eigenvalue weighted by Crippen LogP contribution is 2.36. The number of amides is 1. The highest BCUT2D eigenvalue weighted by Gasteiger charge is 2.34. The lowest BCUT2D eigenvalue weighted by Gasteiger charge is -2.31. The fraction of sp³-hybridized carbons (Fsp3) is 0.353. The van der Waals surface area contributed by atoms with Gasteiger partial charge in [0, 0.05) is 0 Å². The summed E-state index contributed by atoms with van der Waals surface area (Å²) in [6, 6.07) is 14.5. The van der Waals surface area contributed by atoms with Gasteiger partial charge in [-0.3, -0.25) is 9.69 Å². The smallest absolute Gasteiger partial charge is 0.245 e. The number of carbonyl (C=O) groups is 1. The molecule has 0 radical (unpaired) electrons. The average molecular weight is 300 g/mol. The van der Waals surface area contributed by atoms with Crippen molar-refractivity contribution < 1.29 is 4.79 Å². The topological polar surface area (TPSA) is 32.3 Å². The van der Waals surface area contributed by atoms with Gasteiger partial charge in [-0.05, 0) is 49.4 Å². The number of likely N-dealkylation sites (N-methyl/N-ethyl adjacent to an activating group) is 1. The number of benzene rings is 1. The quantitative estimate of drug-likeness (QED) is 0.939. The van der Waals surface area contributed by atoms with Crippen LogP contribution in [0.3, 0.4) is 0 Å². The molecular weight excluding hydrogens is 280 g/mol. The molecule has 2 heterocycles. The highest BCUT2D eigenvalue weighted by molar-refractivity contribution is 7.14. The van der Waals surface area contributed by atoms with Crippen molar-refractivity contribution in [3.63, 3.8) is 0 Å². The van der Waals surface area contributed by atoms with Crippen LogP contribution in [0, 0.1) is 0 Å². The van der Waals surface area contributed by atoms with Crippen LogP contribution in [0.15, 0.2) is 47.8 Å². The summed E-state index contributed by atoms with van der Waals surface area (Å²) in [5.41, 5.74) is 1.22. The summed E-state index contributed by atoms with van der Waals surface area (Å²) in [4.78, 5) is 14.9. The maximum Gasteiger partial charge on any atom is 0.245 e. The Labute approximate surface area is 129 Å². The van der Waals surface area contributed by atoms with E-state index in [1.54, 1.807) is 11.3 Å². The van der Waals surface area contributed by atoms with Gasteiger partial charge in [0.25, 0.3) is 0 Å². The van der Waals surface area contributed by atoms with E-state index < -0.39 is 0 Å². The molecule has 1 saturated heterocycles. The molecule has 2 unspecified atom stereocenters. The number of nitrogens with one attached hydrogen (secondary N) is 1. The fourth-order valence-electron chi connectivity index (χ4n) is 3.02. The van der Waals surface area contributed by atoms with Crippen molar-refractivity contribution in [1.29, 1.82) is 0 Å². The Morgan fingerprint density at radius 1 is 1.14 bits per heavy atom. The Balaban J connectivity index is 2.02. The van der Waals surface area contributed by atoms with Crippen LogP contribution in [0.2, 0.25) is 0 Å². The van der Waals surface area contributed by atoms with Gasteiger partial charge in [0.1, 0.15) is 0 Å². The van der Waals surface area contributed by atoms with Crippen LogP contribution < -0.4 is 10.2 Å². The second-order valence-corrected chi connectivity index (χ2v) is 6.28. The molecule has 1 amide bonds. The van der Waals surface area contributed by atoms with Gasteiger partial charge in [0.05, 0.1) is 17.1 Å². The van der Waals surface area contributed by atoms with Crippen molar-refractivity contribution in [1.82, 2.24) is 5.32 Å². The van der Waals surface area contributed by atoms with Crippen LogP contribution in [0.4, 0.5) is 5.00 Å². The average Bonchev–Trinajstić information content (AvgIpc) is 2.99. The monoisotopic (exact) mass is 300 g/mol. The van der Waals surface area contributed by atoms with Crippen molar-refractivity contribution in [2.75, 3.05) is 11.9 Å². The first-order chi connectivity index (χ1) is 10.3. The molecule has 1 aromatic carbocycles. The summed E-state index contributed by atoms with van der Waals surface area (Å²) >= 11 is 1.63. The number of rotatable bonds is 3. The summed E-state index contributed by atoms with van der Waals surface area (Å²) in [5.74, 6) is 0.186. The van der Waals surface area contributed by atoms with Crippen LogP contribution in [0.5, 0.6) is 0 Å². The summed E-state index contributed by atoms with van der Waals surface area (Å²) < 4.78 is 0. The molecule has 2 aromatic rings. The Morgan fingerprint density at radius 3 is 2.62 bits per heavy atom. The zero-order valence-corrected chi connectivity index (χ0v) is 13.0. The van der Waals surface area contributed by atoms with E-state index in [9.17, 15) is 4.79 Å². The molecule has 2 atom stereocenters. The van der Waals surface area contributed by atoms with Crippen LogP contribution in [0.25, 0.3) is 0 Å². The molecule has 1 fully saturated rings. The third kappa shape index (κ3) is 2.87. The van der Waals surface area contributed by atoms with Gasteiger partial charge in [0.2, 0.25) is 5.91 Å². The zero-order chi connectivity index (χ0) is 14.7. The van der Waals surface area contributed by atoms with Crippen LogP contribution in [-0.2, 0) is 4.79 Å². The molecule has 21 heavy (non-hydrogen) atoms. The van der Waals surface area contributed by atoms with Gasteiger partial charge < -0.3 is 5.32 Å². The molecule has 0 bridgehead atoms. The molecule has 1 aromatic heterocycles. The van der Waals surface area contributed by atoms with Gasteiger partial charge >= 0.3 is 0 Å². The van der Waals surface area contributed by atoms with Gasteiger partial charge in [-0.2, -0.15) is 0 Å². The molecule has 0 spiro atoms. The van der Waals surface area contributed by atoms with E-state index in [-0.39, 0.29) is 18.0 Å². The van der Waals surface area contributed by atoms with Crippen LogP contribution >= 0.6 is 11.3 Å². The molecule has 1 aliphatic rings.